The highest BCUT2D eigenvalue weighted by Crippen LogP contribution is 2.35. The van der Waals surface area contributed by atoms with Crippen molar-refractivity contribution >= 4 is 11.8 Å². The average molecular weight is 388 g/mol. The van der Waals surface area contributed by atoms with E-state index in [4.69, 9.17) is 4.74 Å². The number of nitrogens with zero attached hydrogens (tertiary/aromatic N) is 2. The first-order valence-electron chi connectivity index (χ1n) is 10.1. The minimum absolute atomic E-state index is 0.0385. The predicted octanol–water partition coefficient (Wildman–Crippen LogP) is 2.13. The molecular formula is C22H33N3O3. The summed E-state index contributed by atoms with van der Waals surface area (Å²) in [6.45, 7) is 12.2. The number of carbonyl (C=O) groups excluding carboxylic acids is 2. The molecule has 0 unspecified atom stereocenters. The molecule has 2 aliphatic rings. The van der Waals surface area contributed by atoms with Crippen LogP contribution < -0.4 is 10.1 Å². The summed E-state index contributed by atoms with van der Waals surface area (Å²) in [6, 6.07) is 5.90. The molecule has 6 nitrogen and oxygen atoms in total. The van der Waals surface area contributed by atoms with Crippen molar-refractivity contribution in [2.75, 3.05) is 33.2 Å². The summed E-state index contributed by atoms with van der Waals surface area (Å²) in [6.07, 6.45) is 0.885. The molecule has 2 atom stereocenters. The van der Waals surface area contributed by atoms with Crippen molar-refractivity contribution in [3.8, 4) is 5.75 Å². The molecule has 3 rings (SSSR count). The molecule has 1 N–H and O–H groups in total. The zero-order valence-electron chi connectivity index (χ0n) is 18.0. The van der Waals surface area contributed by atoms with Crippen LogP contribution in [0.15, 0.2) is 18.2 Å². The molecule has 2 amide bonds. The molecule has 2 fully saturated rings. The fourth-order valence-electron chi connectivity index (χ4n) is 4.71. The Morgan fingerprint density at radius 2 is 1.93 bits per heavy atom. The number of likely N-dealkylation sites (tertiary alicyclic amines) is 2. The molecule has 0 spiro atoms. The Morgan fingerprint density at radius 1 is 1.21 bits per heavy atom. The molecule has 2 aliphatic heterocycles. The summed E-state index contributed by atoms with van der Waals surface area (Å²) in [7, 11) is 2.07. The lowest BCUT2D eigenvalue weighted by Gasteiger charge is -2.46. The van der Waals surface area contributed by atoms with Gasteiger partial charge in [0.25, 0.3) is 5.91 Å². The molecule has 1 aromatic carbocycles. The van der Waals surface area contributed by atoms with Crippen LogP contribution in [0.5, 0.6) is 5.75 Å². The van der Waals surface area contributed by atoms with E-state index in [0.29, 0.717) is 24.8 Å². The van der Waals surface area contributed by atoms with Crippen molar-refractivity contribution in [1.82, 2.24) is 15.1 Å². The number of carbonyl (C=O) groups is 2. The molecule has 154 valence electrons. The monoisotopic (exact) mass is 387 g/mol. The first-order valence-corrected chi connectivity index (χ1v) is 10.1. The second-order valence-corrected chi connectivity index (χ2v) is 9.10. The number of hydrogen-bond donors (Lipinski definition) is 1. The molecule has 1 aromatic rings. The van der Waals surface area contributed by atoms with E-state index in [9.17, 15) is 9.59 Å². The maximum Gasteiger partial charge on any atom is 0.266 e. The van der Waals surface area contributed by atoms with Crippen molar-refractivity contribution in [1.29, 1.82) is 0 Å². The van der Waals surface area contributed by atoms with E-state index in [1.165, 1.54) is 5.56 Å². The number of nitrogens with one attached hydrogen (secondary N) is 1. The van der Waals surface area contributed by atoms with Gasteiger partial charge in [0.05, 0.1) is 5.54 Å². The molecule has 0 radical (unpaired) electrons. The third-order valence-corrected chi connectivity index (χ3v) is 6.16. The normalized spacial score (nSPS) is 25.4. The van der Waals surface area contributed by atoms with E-state index in [1.807, 2.05) is 43.9 Å². The van der Waals surface area contributed by atoms with Crippen LogP contribution in [0.2, 0.25) is 0 Å². The predicted molar refractivity (Wildman–Crippen MR) is 109 cm³/mol. The third-order valence-electron chi connectivity index (χ3n) is 6.16. The topological polar surface area (TPSA) is 61.9 Å². The standard InChI is InChI=1S/C22H33N3O3/c1-15-7-8-19(11-16(15)2)28-21(4,5)20(27)25-10-9-18-12-24(6)13-22(18,14-25)23-17(3)26/h7-8,11,18H,9-10,12-14H2,1-6H3,(H,23,26)/t18-,22+/m1/s1. The molecule has 2 saturated heterocycles. The molecule has 0 aromatic heterocycles. The van der Waals surface area contributed by atoms with E-state index < -0.39 is 5.60 Å². The smallest absolute Gasteiger partial charge is 0.266 e. The molecular weight excluding hydrogens is 354 g/mol. The van der Waals surface area contributed by atoms with Crippen LogP contribution in [0.3, 0.4) is 0 Å². The number of aryl methyl sites for hydroxylation is 2. The number of fused-ring (bicyclic) bond motifs is 1. The van der Waals surface area contributed by atoms with Gasteiger partial charge in [0.15, 0.2) is 5.60 Å². The quantitative estimate of drug-likeness (QED) is 0.860. The van der Waals surface area contributed by atoms with E-state index >= 15 is 0 Å². The largest absolute Gasteiger partial charge is 0.478 e. The Kier molecular flexibility index (Phi) is 5.45. The summed E-state index contributed by atoms with van der Waals surface area (Å²) in [4.78, 5) is 29.3. The zero-order valence-corrected chi connectivity index (χ0v) is 18.0. The van der Waals surface area contributed by atoms with E-state index in [1.54, 1.807) is 6.92 Å². The first kappa shape index (κ1) is 20.6. The Balaban J connectivity index is 1.77. The third kappa shape index (κ3) is 4.02. The van der Waals surface area contributed by atoms with Gasteiger partial charge in [0.2, 0.25) is 5.91 Å². The highest BCUT2D eigenvalue weighted by molar-refractivity contribution is 5.85. The second-order valence-electron chi connectivity index (χ2n) is 9.10. The summed E-state index contributed by atoms with van der Waals surface area (Å²) < 4.78 is 6.11. The number of piperidine rings is 1. The first-order chi connectivity index (χ1) is 13.0. The van der Waals surface area contributed by atoms with Gasteiger partial charge >= 0.3 is 0 Å². The van der Waals surface area contributed by atoms with Gasteiger partial charge < -0.3 is 19.9 Å². The van der Waals surface area contributed by atoms with Crippen LogP contribution in [0.25, 0.3) is 0 Å². The van der Waals surface area contributed by atoms with Crippen LogP contribution in [0, 0.1) is 19.8 Å². The van der Waals surface area contributed by atoms with Crippen LogP contribution in [0.4, 0.5) is 0 Å². The molecule has 28 heavy (non-hydrogen) atoms. The number of amides is 2. The molecule has 0 saturated carbocycles. The maximum atomic E-state index is 13.3. The van der Waals surface area contributed by atoms with Crippen molar-refractivity contribution in [2.24, 2.45) is 5.92 Å². The Bertz CT molecular complexity index is 776. The minimum Gasteiger partial charge on any atom is -0.478 e. The van der Waals surface area contributed by atoms with Gasteiger partial charge in [-0.25, -0.2) is 0 Å². The van der Waals surface area contributed by atoms with E-state index in [0.717, 1.165) is 25.1 Å². The SMILES string of the molecule is CC(=O)N[C@]12CN(C)C[C@H]1CCN(C(=O)C(C)(C)Oc1ccc(C)c(C)c1)C2. The molecule has 0 bridgehead atoms. The van der Waals surface area contributed by atoms with Gasteiger partial charge in [-0.15, -0.1) is 0 Å². The van der Waals surface area contributed by atoms with Gasteiger partial charge in [-0.3, -0.25) is 9.59 Å². The van der Waals surface area contributed by atoms with Crippen molar-refractivity contribution in [2.45, 2.75) is 52.2 Å². The van der Waals surface area contributed by atoms with Crippen molar-refractivity contribution in [3.05, 3.63) is 29.3 Å². The molecule has 2 heterocycles. The van der Waals surface area contributed by atoms with Crippen LogP contribution in [-0.2, 0) is 9.59 Å². The van der Waals surface area contributed by atoms with Gasteiger partial charge in [0, 0.05) is 33.1 Å². The number of rotatable bonds is 4. The fourth-order valence-corrected chi connectivity index (χ4v) is 4.71. The summed E-state index contributed by atoms with van der Waals surface area (Å²) in [5.74, 6) is 0.992. The minimum atomic E-state index is -0.976. The van der Waals surface area contributed by atoms with E-state index in [-0.39, 0.29) is 17.4 Å². The lowest BCUT2D eigenvalue weighted by atomic mass is 9.80. The Morgan fingerprint density at radius 3 is 2.57 bits per heavy atom. The molecule has 0 aliphatic carbocycles. The highest BCUT2D eigenvalue weighted by atomic mass is 16.5. The van der Waals surface area contributed by atoms with Gasteiger partial charge in [-0.2, -0.15) is 0 Å². The Hall–Kier alpha value is -2.08. The van der Waals surface area contributed by atoms with Crippen LogP contribution in [-0.4, -0.2) is 66.0 Å². The maximum absolute atomic E-state index is 13.3. The Labute approximate surface area is 168 Å². The number of benzene rings is 1. The lowest BCUT2D eigenvalue weighted by Crippen LogP contribution is -2.66. The summed E-state index contributed by atoms with van der Waals surface area (Å²) in [5.41, 5.74) is 0.989. The van der Waals surface area contributed by atoms with Crippen molar-refractivity contribution in [3.63, 3.8) is 0 Å². The molecule has 6 heteroatoms. The van der Waals surface area contributed by atoms with Crippen LogP contribution >= 0.6 is 0 Å². The average Bonchev–Trinajstić information content (AvgIpc) is 2.90. The van der Waals surface area contributed by atoms with Gasteiger partial charge in [-0.1, -0.05) is 6.07 Å². The van der Waals surface area contributed by atoms with E-state index in [2.05, 4.69) is 24.2 Å². The number of hydrogen-bond acceptors (Lipinski definition) is 4. The van der Waals surface area contributed by atoms with Crippen LogP contribution in [0.1, 0.15) is 38.3 Å². The highest BCUT2D eigenvalue weighted by Gasteiger charge is 2.51. The number of ether oxygens (including phenoxy) is 1. The van der Waals surface area contributed by atoms with Crippen molar-refractivity contribution < 1.29 is 14.3 Å². The fraction of sp³-hybridized carbons (Fsp3) is 0.636. The van der Waals surface area contributed by atoms with Gasteiger partial charge in [-0.05, 0) is 70.3 Å². The number of likely N-dealkylation sites (N-methyl/N-ethyl adjacent to an activating group) is 1. The second kappa shape index (κ2) is 7.39. The summed E-state index contributed by atoms with van der Waals surface area (Å²) in [5, 5.41) is 3.17. The zero-order chi connectivity index (χ0) is 20.7. The van der Waals surface area contributed by atoms with Gasteiger partial charge in [0.1, 0.15) is 5.75 Å². The lowest BCUT2D eigenvalue weighted by molar-refractivity contribution is -0.149. The summed E-state index contributed by atoms with van der Waals surface area (Å²) >= 11 is 0.